The molecule has 1 saturated carbocycles. The molecule has 112 valence electrons. The maximum absolute atomic E-state index is 12.7. The highest BCUT2D eigenvalue weighted by Crippen LogP contribution is 2.28. The van der Waals surface area contributed by atoms with Crippen LogP contribution in [-0.4, -0.2) is 39.0 Å². The zero-order valence-electron chi connectivity index (χ0n) is 11.8. The summed E-state index contributed by atoms with van der Waals surface area (Å²) in [4.78, 5) is 0.304. The lowest BCUT2D eigenvalue weighted by Crippen LogP contribution is -2.41. The fraction of sp³-hybridized carbons (Fsp3) is 0.571. The van der Waals surface area contributed by atoms with Gasteiger partial charge in [0, 0.05) is 19.1 Å². The van der Waals surface area contributed by atoms with Crippen molar-refractivity contribution in [2.75, 3.05) is 20.2 Å². The second kappa shape index (κ2) is 6.56. The number of hydrogen-bond donors (Lipinski definition) is 1. The molecule has 2 N–H and O–H groups in total. The van der Waals surface area contributed by atoms with Gasteiger partial charge in [-0.3, -0.25) is 0 Å². The van der Waals surface area contributed by atoms with E-state index in [2.05, 4.69) is 0 Å². The fourth-order valence-corrected chi connectivity index (χ4v) is 4.40. The second-order valence-corrected chi connectivity index (χ2v) is 6.91. The van der Waals surface area contributed by atoms with Crippen LogP contribution in [0.2, 0.25) is 0 Å². The van der Waals surface area contributed by atoms with Gasteiger partial charge in [0.2, 0.25) is 10.0 Å². The molecule has 1 aliphatic rings. The van der Waals surface area contributed by atoms with Gasteiger partial charge in [-0.2, -0.15) is 4.31 Å². The maximum atomic E-state index is 12.7. The number of nitrogens with zero attached hydrogens (tertiary/aromatic N) is 1. The average Bonchev–Trinajstić information content (AvgIpc) is 2.98. The first-order valence-corrected chi connectivity index (χ1v) is 8.39. The summed E-state index contributed by atoms with van der Waals surface area (Å²) in [5.41, 5.74) is 5.59. The Morgan fingerprint density at radius 1 is 1.25 bits per heavy atom. The molecule has 1 aromatic rings. The number of rotatable bonds is 6. The predicted octanol–water partition coefficient (Wildman–Crippen LogP) is 1.59. The van der Waals surface area contributed by atoms with Crippen LogP contribution in [0.3, 0.4) is 0 Å². The molecule has 1 aromatic carbocycles. The number of hydrogen-bond acceptors (Lipinski definition) is 4. The van der Waals surface area contributed by atoms with Crippen molar-refractivity contribution in [1.29, 1.82) is 0 Å². The minimum Gasteiger partial charge on any atom is -0.497 e. The Morgan fingerprint density at radius 2 is 1.85 bits per heavy atom. The van der Waals surface area contributed by atoms with Crippen molar-refractivity contribution in [3.05, 3.63) is 24.3 Å². The summed E-state index contributed by atoms with van der Waals surface area (Å²) in [5, 5.41) is 0. The number of sulfonamides is 1. The van der Waals surface area contributed by atoms with Gasteiger partial charge in [-0.05, 0) is 37.1 Å². The average molecular weight is 298 g/mol. The van der Waals surface area contributed by atoms with Crippen LogP contribution >= 0.6 is 0 Å². The molecule has 20 heavy (non-hydrogen) atoms. The van der Waals surface area contributed by atoms with Gasteiger partial charge in [-0.1, -0.05) is 12.8 Å². The summed E-state index contributed by atoms with van der Waals surface area (Å²) in [7, 11) is -1.92. The molecule has 0 radical (unpaired) electrons. The lowest BCUT2D eigenvalue weighted by molar-refractivity contribution is 0.328. The summed E-state index contributed by atoms with van der Waals surface area (Å²) in [6.07, 6.45) is 4.03. The third-order valence-corrected chi connectivity index (χ3v) is 5.71. The SMILES string of the molecule is COc1ccc(S(=O)(=O)N(CCN)C2CCCC2)cc1. The molecular weight excluding hydrogens is 276 g/mol. The quantitative estimate of drug-likeness (QED) is 0.865. The van der Waals surface area contributed by atoms with Crippen LogP contribution in [0.4, 0.5) is 0 Å². The van der Waals surface area contributed by atoms with Gasteiger partial charge in [0.25, 0.3) is 0 Å². The van der Waals surface area contributed by atoms with E-state index in [0.29, 0.717) is 23.7 Å². The first-order valence-electron chi connectivity index (χ1n) is 6.95. The molecule has 1 aliphatic carbocycles. The van der Waals surface area contributed by atoms with E-state index in [1.165, 1.54) is 0 Å². The Kier molecular flexibility index (Phi) is 5.01. The summed E-state index contributed by atoms with van der Waals surface area (Å²) in [5.74, 6) is 0.648. The van der Waals surface area contributed by atoms with Crippen LogP contribution in [0, 0.1) is 0 Å². The zero-order chi connectivity index (χ0) is 14.6. The van der Waals surface area contributed by atoms with Gasteiger partial charge in [-0.15, -0.1) is 0 Å². The Morgan fingerprint density at radius 3 is 2.35 bits per heavy atom. The van der Waals surface area contributed by atoms with Gasteiger partial charge in [0.05, 0.1) is 12.0 Å². The summed E-state index contributed by atoms with van der Waals surface area (Å²) >= 11 is 0. The predicted molar refractivity (Wildman–Crippen MR) is 78.2 cm³/mol. The van der Waals surface area contributed by atoms with Gasteiger partial charge in [-0.25, -0.2) is 8.42 Å². The van der Waals surface area contributed by atoms with Crippen molar-refractivity contribution < 1.29 is 13.2 Å². The van der Waals surface area contributed by atoms with E-state index in [1.807, 2.05) is 0 Å². The third-order valence-electron chi connectivity index (χ3n) is 3.75. The molecule has 0 unspecified atom stereocenters. The van der Waals surface area contributed by atoms with Crippen LogP contribution in [-0.2, 0) is 10.0 Å². The Bertz CT molecular complexity index is 522. The molecule has 5 nitrogen and oxygen atoms in total. The van der Waals surface area contributed by atoms with E-state index in [4.69, 9.17) is 10.5 Å². The molecule has 0 bridgehead atoms. The molecule has 0 atom stereocenters. The molecule has 0 amide bonds. The van der Waals surface area contributed by atoms with Crippen molar-refractivity contribution in [3.8, 4) is 5.75 Å². The van der Waals surface area contributed by atoms with E-state index in [0.717, 1.165) is 25.7 Å². The standard InChI is InChI=1S/C14H22N2O3S/c1-19-13-6-8-14(9-7-13)20(17,18)16(11-10-15)12-4-2-3-5-12/h6-9,12H,2-5,10-11,15H2,1H3. The minimum atomic E-state index is -3.47. The summed E-state index contributed by atoms with van der Waals surface area (Å²) in [6, 6.07) is 6.61. The van der Waals surface area contributed by atoms with Crippen molar-refractivity contribution in [1.82, 2.24) is 4.31 Å². The van der Waals surface area contributed by atoms with Crippen molar-refractivity contribution >= 4 is 10.0 Å². The lowest BCUT2D eigenvalue weighted by atomic mass is 10.2. The maximum Gasteiger partial charge on any atom is 0.243 e. The molecule has 2 rings (SSSR count). The number of ether oxygens (including phenoxy) is 1. The molecule has 0 aromatic heterocycles. The van der Waals surface area contributed by atoms with E-state index < -0.39 is 10.0 Å². The monoisotopic (exact) mass is 298 g/mol. The zero-order valence-corrected chi connectivity index (χ0v) is 12.6. The second-order valence-electron chi connectivity index (χ2n) is 5.02. The van der Waals surface area contributed by atoms with E-state index in [1.54, 1.807) is 35.7 Å². The van der Waals surface area contributed by atoms with Crippen LogP contribution in [0.15, 0.2) is 29.2 Å². The van der Waals surface area contributed by atoms with Gasteiger partial charge in [0.1, 0.15) is 5.75 Å². The van der Waals surface area contributed by atoms with Crippen LogP contribution in [0.5, 0.6) is 5.75 Å². The van der Waals surface area contributed by atoms with Crippen LogP contribution in [0.25, 0.3) is 0 Å². The fourth-order valence-electron chi connectivity index (χ4n) is 2.70. The molecule has 6 heteroatoms. The van der Waals surface area contributed by atoms with Crippen molar-refractivity contribution in [2.24, 2.45) is 5.73 Å². The lowest BCUT2D eigenvalue weighted by Gasteiger charge is -2.27. The largest absolute Gasteiger partial charge is 0.497 e. The van der Waals surface area contributed by atoms with Gasteiger partial charge < -0.3 is 10.5 Å². The highest BCUT2D eigenvalue weighted by atomic mass is 32.2. The number of methoxy groups -OCH3 is 1. The third kappa shape index (κ3) is 3.13. The molecule has 0 heterocycles. The molecular formula is C14H22N2O3S. The molecule has 1 fully saturated rings. The molecule has 0 aliphatic heterocycles. The van der Waals surface area contributed by atoms with E-state index in [-0.39, 0.29) is 6.04 Å². The van der Waals surface area contributed by atoms with Gasteiger partial charge >= 0.3 is 0 Å². The first kappa shape index (κ1) is 15.3. The summed E-state index contributed by atoms with van der Waals surface area (Å²) < 4.78 is 32.1. The van der Waals surface area contributed by atoms with Crippen LogP contribution < -0.4 is 10.5 Å². The van der Waals surface area contributed by atoms with Gasteiger partial charge in [0.15, 0.2) is 0 Å². The van der Waals surface area contributed by atoms with E-state index >= 15 is 0 Å². The highest BCUT2D eigenvalue weighted by molar-refractivity contribution is 7.89. The van der Waals surface area contributed by atoms with Crippen molar-refractivity contribution in [3.63, 3.8) is 0 Å². The Hall–Kier alpha value is -1.11. The smallest absolute Gasteiger partial charge is 0.243 e. The Balaban J connectivity index is 2.28. The minimum absolute atomic E-state index is 0.0886. The summed E-state index contributed by atoms with van der Waals surface area (Å²) in [6.45, 7) is 0.713. The first-order chi connectivity index (χ1) is 9.59. The van der Waals surface area contributed by atoms with Crippen molar-refractivity contribution in [2.45, 2.75) is 36.6 Å². The Labute approximate surface area is 120 Å². The van der Waals surface area contributed by atoms with E-state index in [9.17, 15) is 8.42 Å². The number of nitrogens with two attached hydrogens (primary N) is 1. The molecule has 0 spiro atoms. The number of benzene rings is 1. The van der Waals surface area contributed by atoms with Crippen LogP contribution in [0.1, 0.15) is 25.7 Å². The molecule has 0 saturated heterocycles. The highest BCUT2D eigenvalue weighted by Gasteiger charge is 2.32. The topological polar surface area (TPSA) is 72.6 Å². The normalized spacial score (nSPS) is 16.8.